The SMILES string of the molecule is CC(C)(C)c1cc(NC(=O)c2ccc3nc(C(F)F)[nH]c3c2)n(Cc2ccccc2)n1. The van der Waals surface area contributed by atoms with Crippen molar-refractivity contribution in [3.63, 3.8) is 0 Å². The number of aromatic nitrogens is 4. The van der Waals surface area contributed by atoms with Crippen LogP contribution in [-0.4, -0.2) is 25.7 Å². The molecule has 2 aromatic carbocycles. The molecular weight excluding hydrogens is 400 g/mol. The van der Waals surface area contributed by atoms with E-state index in [2.05, 4.69) is 36.1 Å². The second-order valence-corrected chi connectivity index (χ2v) is 8.42. The molecule has 0 atom stereocenters. The number of H-pyrrole nitrogens is 1. The van der Waals surface area contributed by atoms with E-state index in [4.69, 9.17) is 5.10 Å². The van der Waals surface area contributed by atoms with Crippen molar-refractivity contribution in [3.05, 3.63) is 77.2 Å². The summed E-state index contributed by atoms with van der Waals surface area (Å²) >= 11 is 0. The van der Waals surface area contributed by atoms with Crippen LogP contribution >= 0.6 is 0 Å². The van der Waals surface area contributed by atoms with Gasteiger partial charge in [-0.25, -0.2) is 18.4 Å². The summed E-state index contributed by atoms with van der Waals surface area (Å²) in [6.45, 7) is 6.67. The van der Waals surface area contributed by atoms with Gasteiger partial charge in [-0.1, -0.05) is 51.1 Å². The van der Waals surface area contributed by atoms with Crippen LogP contribution in [-0.2, 0) is 12.0 Å². The molecule has 0 fully saturated rings. The number of amides is 1. The van der Waals surface area contributed by atoms with E-state index < -0.39 is 12.2 Å². The van der Waals surface area contributed by atoms with Crippen LogP contribution in [0.5, 0.6) is 0 Å². The summed E-state index contributed by atoms with van der Waals surface area (Å²) in [6.07, 6.45) is -2.70. The Hall–Kier alpha value is -3.55. The standard InChI is InChI=1S/C23H23F2N5O/c1-23(2,3)18-12-19(30(29-18)13-14-7-5-4-6-8-14)28-22(31)15-9-10-16-17(11-15)27-21(26-16)20(24)25/h4-12,20H,13H2,1-3H3,(H,26,27)(H,28,31). The molecular formula is C23H23F2N5O. The van der Waals surface area contributed by atoms with Gasteiger partial charge in [0.1, 0.15) is 5.82 Å². The van der Waals surface area contributed by atoms with Gasteiger partial charge in [0, 0.05) is 17.0 Å². The Morgan fingerprint density at radius 1 is 1.13 bits per heavy atom. The first-order chi connectivity index (χ1) is 14.7. The molecule has 31 heavy (non-hydrogen) atoms. The van der Waals surface area contributed by atoms with Crippen molar-refractivity contribution in [2.45, 2.75) is 39.2 Å². The number of carbonyl (C=O) groups excluding carboxylic acids is 1. The predicted molar refractivity (Wildman–Crippen MR) is 115 cm³/mol. The van der Waals surface area contributed by atoms with Crippen molar-refractivity contribution in [3.8, 4) is 0 Å². The van der Waals surface area contributed by atoms with Gasteiger partial charge in [0.25, 0.3) is 12.3 Å². The summed E-state index contributed by atoms with van der Waals surface area (Å²) in [6, 6.07) is 16.3. The maximum absolute atomic E-state index is 12.9. The van der Waals surface area contributed by atoms with Crippen LogP contribution in [0.25, 0.3) is 11.0 Å². The first-order valence-corrected chi connectivity index (χ1v) is 9.92. The Bertz CT molecular complexity index is 1220. The monoisotopic (exact) mass is 423 g/mol. The molecule has 0 aliphatic rings. The zero-order chi connectivity index (χ0) is 22.2. The van der Waals surface area contributed by atoms with E-state index in [0.29, 0.717) is 29.0 Å². The van der Waals surface area contributed by atoms with E-state index in [1.54, 1.807) is 16.8 Å². The molecule has 2 heterocycles. The Labute approximate surface area is 178 Å². The Morgan fingerprint density at radius 2 is 1.87 bits per heavy atom. The highest BCUT2D eigenvalue weighted by Crippen LogP contribution is 2.26. The predicted octanol–water partition coefficient (Wildman–Crippen LogP) is 5.30. The number of carbonyl (C=O) groups is 1. The van der Waals surface area contributed by atoms with E-state index in [1.807, 2.05) is 36.4 Å². The summed E-state index contributed by atoms with van der Waals surface area (Å²) in [4.78, 5) is 19.3. The maximum atomic E-state index is 12.9. The molecule has 8 heteroatoms. The van der Waals surface area contributed by atoms with Crippen molar-refractivity contribution in [2.75, 3.05) is 5.32 Å². The summed E-state index contributed by atoms with van der Waals surface area (Å²) < 4.78 is 27.5. The van der Waals surface area contributed by atoms with Gasteiger partial charge in [0.15, 0.2) is 5.82 Å². The van der Waals surface area contributed by atoms with Crippen molar-refractivity contribution in [1.29, 1.82) is 0 Å². The Balaban J connectivity index is 1.63. The van der Waals surface area contributed by atoms with E-state index in [9.17, 15) is 13.6 Å². The van der Waals surface area contributed by atoms with Gasteiger partial charge in [-0.3, -0.25) is 4.79 Å². The van der Waals surface area contributed by atoms with Gasteiger partial charge in [-0.2, -0.15) is 5.10 Å². The lowest BCUT2D eigenvalue weighted by Gasteiger charge is -2.14. The van der Waals surface area contributed by atoms with E-state index in [1.165, 1.54) is 6.07 Å². The Morgan fingerprint density at radius 3 is 2.55 bits per heavy atom. The van der Waals surface area contributed by atoms with Crippen LogP contribution in [0, 0.1) is 0 Å². The van der Waals surface area contributed by atoms with E-state index in [-0.39, 0.29) is 11.3 Å². The summed E-state index contributed by atoms with van der Waals surface area (Å²) in [5.74, 6) is -0.204. The number of fused-ring (bicyclic) bond motifs is 1. The third-order valence-corrected chi connectivity index (χ3v) is 4.93. The molecule has 0 unspecified atom stereocenters. The molecule has 2 aromatic heterocycles. The van der Waals surface area contributed by atoms with Crippen LogP contribution in [0.2, 0.25) is 0 Å². The summed E-state index contributed by atoms with van der Waals surface area (Å²) in [5.41, 5.74) is 2.82. The second-order valence-electron chi connectivity index (χ2n) is 8.42. The van der Waals surface area contributed by atoms with Crippen LogP contribution in [0.3, 0.4) is 0 Å². The quantitative estimate of drug-likeness (QED) is 0.458. The third-order valence-electron chi connectivity index (χ3n) is 4.93. The molecule has 0 spiro atoms. The molecule has 2 N–H and O–H groups in total. The van der Waals surface area contributed by atoms with Gasteiger partial charge in [-0.15, -0.1) is 0 Å². The third kappa shape index (κ3) is 4.47. The number of nitrogens with zero attached hydrogens (tertiary/aromatic N) is 3. The number of hydrogen-bond acceptors (Lipinski definition) is 3. The molecule has 0 aliphatic heterocycles. The molecule has 0 bridgehead atoms. The average molecular weight is 423 g/mol. The number of benzene rings is 2. The minimum atomic E-state index is -2.70. The summed E-state index contributed by atoms with van der Waals surface area (Å²) in [7, 11) is 0. The lowest BCUT2D eigenvalue weighted by Crippen LogP contribution is -2.16. The number of imidazole rings is 1. The molecule has 0 saturated carbocycles. The first kappa shape index (κ1) is 20.7. The number of alkyl halides is 2. The Kier molecular flexibility index (Phi) is 5.31. The van der Waals surface area contributed by atoms with Crippen molar-refractivity contribution in [2.24, 2.45) is 0 Å². The van der Waals surface area contributed by atoms with Gasteiger partial charge < -0.3 is 10.3 Å². The molecule has 4 rings (SSSR count). The normalized spacial score (nSPS) is 11.9. The number of anilines is 1. The molecule has 0 radical (unpaired) electrons. The van der Waals surface area contributed by atoms with E-state index >= 15 is 0 Å². The van der Waals surface area contributed by atoms with Crippen LogP contribution in [0.15, 0.2) is 54.6 Å². The maximum Gasteiger partial charge on any atom is 0.295 e. The van der Waals surface area contributed by atoms with Gasteiger partial charge in [0.05, 0.1) is 23.3 Å². The molecule has 4 aromatic rings. The number of hydrogen-bond donors (Lipinski definition) is 2. The van der Waals surface area contributed by atoms with Crippen molar-refractivity contribution in [1.82, 2.24) is 19.7 Å². The fraction of sp³-hybridized carbons (Fsp3) is 0.261. The molecule has 6 nitrogen and oxygen atoms in total. The highest BCUT2D eigenvalue weighted by atomic mass is 19.3. The number of halogens is 2. The van der Waals surface area contributed by atoms with Gasteiger partial charge in [-0.05, 0) is 23.8 Å². The lowest BCUT2D eigenvalue weighted by atomic mass is 9.92. The number of aromatic amines is 1. The number of nitrogens with one attached hydrogen (secondary N) is 2. The van der Waals surface area contributed by atoms with Crippen molar-refractivity contribution < 1.29 is 13.6 Å². The topological polar surface area (TPSA) is 75.6 Å². The minimum Gasteiger partial charge on any atom is -0.337 e. The van der Waals surface area contributed by atoms with Gasteiger partial charge in [0.2, 0.25) is 0 Å². The van der Waals surface area contributed by atoms with E-state index in [0.717, 1.165) is 11.3 Å². The second kappa shape index (κ2) is 7.94. The fourth-order valence-electron chi connectivity index (χ4n) is 3.22. The van der Waals surface area contributed by atoms with Crippen LogP contribution < -0.4 is 5.32 Å². The van der Waals surface area contributed by atoms with Crippen molar-refractivity contribution >= 4 is 22.8 Å². The smallest absolute Gasteiger partial charge is 0.295 e. The molecule has 0 saturated heterocycles. The molecule has 160 valence electrons. The molecule has 0 aliphatic carbocycles. The minimum absolute atomic E-state index is 0.193. The zero-order valence-corrected chi connectivity index (χ0v) is 17.5. The highest BCUT2D eigenvalue weighted by molar-refractivity contribution is 6.05. The van der Waals surface area contributed by atoms with Crippen LogP contribution in [0.4, 0.5) is 14.6 Å². The number of rotatable bonds is 5. The largest absolute Gasteiger partial charge is 0.337 e. The molecule has 1 amide bonds. The average Bonchev–Trinajstić information content (AvgIpc) is 3.32. The first-order valence-electron chi connectivity index (χ1n) is 9.92. The fourth-order valence-corrected chi connectivity index (χ4v) is 3.22. The highest BCUT2D eigenvalue weighted by Gasteiger charge is 2.21. The van der Waals surface area contributed by atoms with Crippen LogP contribution in [0.1, 0.15) is 54.6 Å². The zero-order valence-electron chi connectivity index (χ0n) is 17.5. The lowest BCUT2D eigenvalue weighted by molar-refractivity contribution is 0.102. The summed E-state index contributed by atoms with van der Waals surface area (Å²) in [5, 5.41) is 7.61. The van der Waals surface area contributed by atoms with Gasteiger partial charge >= 0.3 is 0 Å².